The van der Waals surface area contributed by atoms with E-state index in [1.807, 2.05) is 0 Å². The van der Waals surface area contributed by atoms with Crippen molar-refractivity contribution in [2.45, 2.75) is 12.1 Å². The number of nitrogens with zero attached hydrogens (tertiary/aromatic N) is 3. The number of β-lactam (4-membered cyclic amide) rings is 1. The van der Waals surface area contributed by atoms with E-state index in [4.69, 9.17) is 5.73 Å². The quantitative estimate of drug-likeness (QED) is 0.174. The number of carbonyl (C=O) groups is 3. The molecule has 0 aliphatic carbocycles. The Morgan fingerprint density at radius 3 is 2.55 bits per heavy atom. The predicted octanol–water partition coefficient (Wildman–Crippen LogP) is -0.787. The Labute approximate surface area is 179 Å². The molecule has 1 aromatic carbocycles. The first kappa shape index (κ1) is 22.1. The van der Waals surface area contributed by atoms with Crippen molar-refractivity contribution in [3.05, 3.63) is 41.4 Å². The van der Waals surface area contributed by atoms with Crippen LogP contribution in [0.1, 0.15) is 5.69 Å². The Bertz CT molecular complexity index is 1150. The van der Waals surface area contributed by atoms with Gasteiger partial charge in [0, 0.05) is 11.1 Å². The number of amides is 3. The molecule has 2 heterocycles. The summed E-state index contributed by atoms with van der Waals surface area (Å²) in [6, 6.07) is 4.65. The van der Waals surface area contributed by atoms with Gasteiger partial charge in [-0.15, -0.1) is 11.3 Å². The van der Waals surface area contributed by atoms with Gasteiger partial charge in [0.15, 0.2) is 16.9 Å². The van der Waals surface area contributed by atoms with Crippen LogP contribution in [0.5, 0.6) is 0 Å². The Hall–Kier alpha value is -3.56. The number of carbonyl (C=O) groups excluding carboxylic acids is 3. The maximum atomic E-state index is 12.7. The van der Waals surface area contributed by atoms with Crippen LogP contribution in [-0.2, 0) is 29.5 Å². The summed E-state index contributed by atoms with van der Waals surface area (Å²) in [6.45, 7) is 0. The molecule has 1 aliphatic rings. The highest BCUT2D eigenvalue weighted by Crippen LogP contribution is 2.25. The van der Waals surface area contributed by atoms with Gasteiger partial charge in [-0.25, -0.2) is 4.98 Å². The van der Waals surface area contributed by atoms with Gasteiger partial charge in [-0.3, -0.25) is 18.9 Å². The van der Waals surface area contributed by atoms with Crippen molar-refractivity contribution >= 4 is 55.9 Å². The molecule has 2 aromatic rings. The summed E-state index contributed by atoms with van der Waals surface area (Å²) < 4.78 is 32.5. The van der Waals surface area contributed by atoms with Crippen molar-refractivity contribution in [3.8, 4) is 0 Å². The number of oxime groups is 1. The normalized spacial score (nSPS) is 18.8. The third-order valence-electron chi connectivity index (χ3n) is 4.06. The fourth-order valence-electron chi connectivity index (χ4n) is 2.76. The molecule has 164 valence electrons. The minimum atomic E-state index is -5.06. The second-order valence-electron chi connectivity index (χ2n) is 6.06. The average Bonchev–Trinajstić information content (AvgIpc) is 3.13. The zero-order valence-electron chi connectivity index (χ0n) is 15.8. The van der Waals surface area contributed by atoms with Gasteiger partial charge in [0.1, 0.15) is 18.8 Å². The molecular weight excluding hydrogens is 452 g/mol. The molecule has 13 nitrogen and oxygen atoms in total. The summed E-state index contributed by atoms with van der Waals surface area (Å²) in [7, 11) is -3.89. The molecule has 0 radical (unpaired) electrons. The zero-order valence-corrected chi connectivity index (χ0v) is 17.4. The molecule has 0 saturated carbocycles. The lowest BCUT2D eigenvalue weighted by atomic mass is 9.97. The molecule has 1 aliphatic heterocycles. The van der Waals surface area contributed by atoms with E-state index in [-0.39, 0.29) is 20.8 Å². The molecule has 15 heteroatoms. The van der Waals surface area contributed by atoms with E-state index in [1.54, 1.807) is 18.2 Å². The summed E-state index contributed by atoms with van der Waals surface area (Å²) in [5, 5.41) is 9.75. The monoisotopic (exact) mass is 468 g/mol. The van der Waals surface area contributed by atoms with Gasteiger partial charge >= 0.3 is 10.3 Å². The van der Waals surface area contributed by atoms with E-state index < -0.39 is 40.1 Å². The van der Waals surface area contributed by atoms with Crippen LogP contribution in [0.3, 0.4) is 0 Å². The van der Waals surface area contributed by atoms with Gasteiger partial charge in [0.05, 0.1) is 0 Å². The second-order valence-corrected chi connectivity index (χ2v) is 8.24. The summed E-state index contributed by atoms with van der Waals surface area (Å²) in [5.41, 5.74) is 5.55. The van der Waals surface area contributed by atoms with Crippen molar-refractivity contribution in [1.29, 1.82) is 0 Å². The first-order valence-corrected chi connectivity index (χ1v) is 10.7. The van der Waals surface area contributed by atoms with E-state index >= 15 is 0 Å². The molecule has 31 heavy (non-hydrogen) atoms. The first-order chi connectivity index (χ1) is 14.6. The fourth-order valence-corrected chi connectivity index (χ4v) is 4.15. The summed E-state index contributed by atoms with van der Waals surface area (Å²) in [4.78, 5) is 46.1. The van der Waals surface area contributed by atoms with Crippen LogP contribution in [-0.4, -0.2) is 64.9 Å². The predicted molar refractivity (Wildman–Crippen MR) is 109 cm³/mol. The van der Waals surface area contributed by atoms with Crippen molar-refractivity contribution in [2.75, 3.05) is 18.2 Å². The number of nitrogen functional groups attached to an aromatic ring is 1. The Morgan fingerprint density at radius 2 is 2.00 bits per heavy atom. The minimum Gasteiger partial charge on any atom is -0.398 e. The highest BCUT2D eigenvalue weighted by molar-refractivity contribution is 7.84. The second kappa shape index (κ2) is 8.66. The summed E-state index contributed by atoms with van der Waals surface area (Å²) in [6.07, 6.45) is 0. The number of nitrogens with one attached hydrogen (secondary N) is 2. The number of anilines is 2. The standard InChI is InChI=1S/C16H16N6O7S2/c1-29-21-10(9-7-30-16(17)19-9)13(23)20-11-12(22(15(11)25)31(26,27)28)14(24)18-8-5-3-2-4-6-8/h2-7,11-12H,1H3,(H2,17,19)(H,18,24)(H,20,23)(H,26,27,28)/t11-,12-/m0/s1. The number of nitrogens with two attached hydrogens (primary N) is 1. The van der Waals surface area contributed by atoms with Crippen LogP contribution < -0.4 is 16.4 Å². The number of aromatic nitrogens is 1. The van der Waals surface area contributed by atoms with Crippen LogP contribution in [0.15, 0.2) is 40.9 Å². The Balaban J connectivity index is 1.85. The number of hydrogen-bond acceptors (Lipinski definition) is 10. The molecule has 3 rings (SSSR count). The van der Waals surface area contributed by atoms with E-state index in [9.17, 15) is 27.4 Å². The van der Waals surface area contributed by atoms with E-state index in [0.717, 1.165) is 11.3 Å². The lowest BCUT2D eigenvalue weighted by molar-refractivity contribution is -0.150. The maximum Gasteiger partial charge on any atom is 0.363 e. The van der Waals surface area contributed by atoms with Crippen molar-refractivity contribution in [3.63, 3.8) is 0 Å². The van der Waals surface area contributed by atoms with Crippen molar-refractivity contribution in [2.24, 2.45) is 5.16 Å². The van der Waals surface area contributed by atoms with Gasteiger partial charge in [-0.1, -0.05) is 23.4 Å². The van der Waals surface area contributed by atoms with Crippen LogP contribution in [0.2, 0.25) is 0 Å². The van der Waals surface area contributed by atoms with E-state index in [0.29, 0.717) is 5.69 Å². The lowest BCUT2D eigenvalue weighted by Gasteiger charge is -2.42. The van der Waals surface area contributed by atoms with Crippen LogP contribution in [0.25, 0.3) is 0 Å². The number of hydrogen-bond donors (Lipinski definition) is 4. The maximum absolute atomic E-state index is 12.7. The van der Waals surface area contributed by atoms with E-state index in [1.165, 1.54) is 24.6 Å². The molecule has 5 N–H and O–H groups in total. The average molecular weight is 468 g/mol. The molecule has 0 spiro atoms. The Kier molecular flexibility index (Phi) is 6.19. The topological polar surface area (TPSA) is 193 Å². The number of rotatable bonds is 7. The van der Waals surface area contributed by atoms with Gasteiger partial charge < -0.3 is 21.2 Å². The third kappa shape index (κ3) is 4.62. The first-order valence-electron chi connectivity index (χ1n) is 8.43. The summed E-state index contributed by atoms with van der Waals surface area (Å²) in [5.74, 6) is -3.13. The molecule has 2 atom stereocenters. The fraction of sp³-hybridized carbons (Fsp3) is 0.188. The van der Waals surface area contributed by atoms with Gasteiger partial charge in [0.25, 0.3) is 17.7 Å². The lowest BCUT2D eigenvalue weighted by Crippen LogP contribution is -2.75. The van der Waals surface area contributed by atoms with Crippen molar-refractivity contribution in [1.82, 2.24) is 14.6 Å². The largest absolute Gasteiger partial charge is 0.398 e. The number of para-hydroxylation sites is 1. The number of thiazole rings is 1. The van der Waals surface area contributed by atoms with Gasteiger partial charge in [-0.05, 0) is 12.1 Å². The molecule has 1 saturated heterocycles. The molecule has 3 amide bonds. The highest BCUT2D eigenvalue weighted by Gasteiger charge is 2.58. The smallest absolute Gasteiger partial charge is 0.363 e. The molecular formula is C16H16N6O7S2. The van der Waals surface area contributed by atoms with Crippen molar-refractivity contribution < 1.29 is 32.2 Å². The van der Waals surface area contributed by atoms with Crippen LogP contribution in [0.4, 0.5) is 10.8 Å². The Morgan fingerprint density at radius 1 is 1.32 bits per heavy atom. The molecule has 0 unspecified atom stereocenters. The molecule has 0 bridgehead atoms. The number of benzene rings is 1. The SMILES string of the molecule is CON=C(C(=O)N[C@@H]1C(=O)N(S(=O)(=O)O)[C@@H]1C(=O)Nc1ccccc1)c1csc(N)n1. The summed E-state index contributed by atoms with van der Waals surface area (Å²) >= 11 is 1.02. The van der Waals surface area contributed by atoms with Gasteiger partial charge in [-0.2, -0.15) is 12.7 Å². The zero-order chi connectivity index (χ0) is 22.8. The third-order valence-corrected chi connectivity index (χ3v) is 5.64. The molecule has 1 aromatic heterocycles. The van der Waals surface area contributed by atoms with E-state index in [2.05, 4.69) is 25.6 Å². The highest BCUT2D eigenvalue weighted by atomic mass is 32.2. The van der Waals surface area contributed by atoms with Crippen LogP contribution >= 0.6 is 11.3 Å². The van der Waals surface area contributed by atoms with Gasteiger partial charge in [0.2, 0.25) is 0 Å². The van der Waals surface area contributed by atoms with Crippen LogP contribution in [0, 0.1) is 0 Å². The minimum absolute atomic E-state index is 0.0236. The molecule has 1 fully saturated rings.